The summed E-state index contributed by atoms with van der Waals surface area (Å²) in [6.07, 6.45) is -0.864. The second-order valence-electron chi connectivity index (χ2n) is 6.66. The smallest absolute Gasteiger partial charge is 0.265 e. The lowest BCUT2D eigenvalue weighted by Gasteiger charge is -2.17. The van der Waals surface area contributed by atoms with Gasteiger partial charge in [0.25, 0.3) is 15.9 Å². The Morgan fingerprint density at radius 2 is 1.75 bits per heavy atom. The first-order chi connectivity index (χ1) is 15.2. The predicted molar refractivity (Wildman–Crippen MR) is 125 cm³/mol. The zero-order valence-electron chi connectivity index (χ0n) is 17.1. The number of methoxy groups -OCH3 is 1. The highest BCUT2D eigenvalue weighted by atomic mass is 35.5. The van der Waals surface area contributed by atoms with E-state index in [2.05, 4.69) is 10.0 Å². The maximum atomic E-state index is 13.0. The number of sulfonamides is 1. The number of amides is 1. The van der Waals surface area contributed by atoms with Gasteiger partial charge in [-0.15, -0.1) is 0 Å². The van der Waals surface area contributed by atoms with Gasteiger partial charge in [-0.05, 0) is 55.5 Å². The summed E-state index contributed by atoms with van der Waals surface area (Å²) >= 11 is 12.0. The minimum Gasteiger partial charge on any atom is -0.495 e. The Hall–Kier alpha value is -2.94. The Kier molecular flexibility index (Phi) is 7.50. The molecule has 2 N–H and O–H groups in total. The van der Waals surface area contributed by atoms with Gasteiger partial charge in [0.05, 0.1) is 17.8 Å². The number of nitrogens with one attached hydrogen (secondary N) is 2. The molecular formula is C22H20Cl2N2O5S. The number of ether oxygens (including phenoxy) is 2. The number of halogens is 2. The van der Waals surface area contributed by atoms with E-state index in [0.29, 0.717) is 10.8 Å². The fourth-order valence-corrected chi connectivity index (χ4v) is 4.45. The molecule has 1 unspecified atom stereocenters. The van der Waals surface area contributed by atoms with Gasteiger partial charge in [-0.1, -0.05) is 41.4 Å². The van der Waals surface area contributed by atoms with Crippen molar-refractivity contribution in [3.8, 4) is 11.5 Å². The molecule has 1 amide bonds. The average Bonchev–Trinajstić information content (AvgIpc) is 2.75. The molecule has 0 fully saturated rings. The van der Waals surface area contributed by atoms with Crippen LogP contribution in [-0.2, 0) is 14.8 Å². The van der Waals surface area contributed by atoms with Crippen molar-refractivity contribution >= 4 is 50.5 Å². The van der Waals surface area contributed by atoms with Gasteiger partial charge in [0.2, 0.25) is 0 Å². The molecule has 168 valence electrons. The maximum absolute atomic E-state index is 13.0. The molecular weight excluding hydrogens is 475 g/mol. The topological polar surface area (TPSA) is 93.7 Å². The van der Waals surface area contributed by atoms with Gasteiger partial charge in [0, 0.05) is 10.7 Å². The minimum absolute atomic E-state index is 0.103. The predicted octanol–water partition coefficient (Wildman–Crippen LogP) is 5.21. The second kappa shape index (κ2) is 10.1. The molecule has 0 aromatic heterocycles. The van der Waals surface area contributed by atoms with Crippen molar-refractivity contribution in [3.63, 3.8) is 0 Å². The van der Waals surface area contributed by atoms with E-state index in [1.54, 1.807) is 49.4 Å². The SMILES string of the molecule is COc1ccc(NC(=O)C(C)Oc2cccc(Cl)c2)cc1S(=O)(=O)Nc1ccccc1Cl. The van der Waals surface area contributed by atoms with Gasteiger partial charge < -0.3 is 14.8 Å². The normalized spacial score (nSPS) is 12.0. The van der Waals surface area contributed by atoms with Gasteiger partial charge in [0.1, 0.15) is 16.4 Å². The van der Waals surface area contributed by atoms with Crippen LogP contribution in [0.4, 0.5) is 11.4 Å². The molecule has 10 heteroatoms. The highest BCUT2D eigenvalue weighted by Gasteiger charge is 2.23. The summed E-state index contributed by atoms with van der Waals surface area (Å²) in [7, 11) is -2.72. The summed E-state index contributed by atoms with van der Waals surface area (Å²) in [5.74, 6) is 0.0606. The van der Waals surface area contributed by atoms with Crippen LogP contribution in [0, 0.1) is 0 Å². The minimum atomic E-state index is -4.07. The number of para-hydroxylation sites is 1. The summed E-state index contributed by atoms with van der Waals surface area (Å²) < 4.78 is 39.2. The number of hydrogen-bond donors (Lipinski definition) is 2. The van der Waals surface area contributed by atoms with Gasteiger partial charge in [-0.25, -0.2) is 8.42 Å². The monoisotopic (exact) mass is 494 g/mol. The Bertz CT molecular complexity index is 1230. The third-order valence-electron chi connectivity index (χ3n) is 4.32. The molecule has 0 aliphatic heterocycles. The zero-order chi connectivity index (χ0) is 23.3. The number of carbonyl (C=O) groups is 1. The summed E-state index contributed by atoms with van der Waals surface area (Å²) in [5, 5.41) is 3.36. The first-order valence-electron chi connectivity index (χ1n) is 9.38. The highest BCUT2D eigenvalue weighted by Crippen LogP contribution is 2.31. The van der Waals surface area contributed by atoms with Crippen molar-refractivity contribution in [3.05, 3.63) is 76.8 Å². The third kappa shape index (κ3) is 5.85. The van der Waals surface area contributed by atoms with E-state index in [9.17, 15) is 13.2 Å². The highest BCUT2D eigenvalue weighted by molar-refractivity contribution is 7.92. The van der Waals surface area contributed by atoms with Crippen LogP contribution in [0.5, 0.6) is 11.5 Å². The number of rotatable bonds is 8. The van der Waals surface area contributed by atoms with E-state index in [4.69, 9.17) is 32.7 Å². The van der Waals surface area contributed by atoms with Crippen molar-refractivity contribution in [1.29, 1.82) is 0 Å². The Labute approximate surface area is 196 Å². The molecule has 0 saturated carbocycles. The fraction of sp³-hybridized carbons (Fsp3) is 0.136. The van der Waals surface area contributed by atoms with Crippen molar-refractivity contribution in [2.45, 2.75) is 17.9 Å². The number of carbonyl (C=O) groups excluding carboxylic acids is 1. The molecule has 0 radical (unpaired) electrons. The van der Waals surface area contributed by atoms with Crippen LogP contribution in [0.1, 0.15) is 6.92 Å². The van der Waals surface area contributed by atoms with Gasteiger partial charge in [-0.3, -0.25) is 9.52 Å². The third-order valence-corrected chi connectivity index (χ3v) is 6.27. The quantitative estimate of drug-likeness (QED) is 0.448. The van der Waals surface area contributed by atoms with E-state index < -0.39 is 22.0 Å². The van der Waals surface area contributed by atoms with Crippen LogP contribution in [0.15, 0.2) is 71.6 Å². The summed E-state index contributed by atoms with van der Waals surface area (Å²) in [4.78, 5) is 12.4. The van der Waals surface area contributed by atoms with Crippen molar-refractivity contribution in [2.24, 2.45) is 0 Å². The number of anilines is 2. The van der Waals surface area contributed by atoms with Crippen molar-refractivity contribution in [2.75, 3.05) is 17.1 Å². The zero-order valence-corrected chi connectivity index (χ0v) is 19.5. The van der Waals surface area contributed by atoms with E-state index in [1.807, 2.05) is 0 Å². The van der Waals surface area contributed by atoms with E-state index in [-0.39, 0.29) is 27.0 Å². The van der Waals surface area contributed by atoms with Crippen molar-refractivity contribution in [1.82, 2.24) is 0 Å². The lowest BCUT2D eigenvalue weighted by atomic mass is 10.2. The summed E-state index contributed by atoms with van der Waals surface area (Å²) in [6, 6.07) is 17.4. The van der Waals surface area contributed by atoms with Crippen molar-refractivity contribution < 1.29 is 22.7 Å². The van der Waals surface area contributed by atoms with E-state index in [0.717, 1.165) is 0 Å². The first kappa shape index (κ1) is 23.7. The molecule has 32 heavy (non-hydrogen) atoms. The van der Waals surface area contributed by atoms with Crippen LogP contribution < -0.4 is 19.5 Å². The van der Waals surface area contributed by atoms with Gasteiger partial charge >= 0.3 is 0 Å². The first-order valence-corrected chi connectivity index (χ1v) is 11.6. The molecule has 3 rings (SSSR count). The molecule has 3 aromatic rings. The molecule has 1 atom stereocenters. The fourth-order valence-electron chi connectivity index (χ4n) is 2.75. The molecule has 0 aliphatic rings. The molecule has 0 saturated heterocycles. The average molecular weight is 495 g/mol. The van der Waals surface area contributed by atoms with Crippen LogP contribution >= 0.6 is 23.2 Å². The molecule has 0 bridgehead atoms. The summed E-state index contributed by atoms with van der Waals surface area (Å²) in [5.41, 5.74) is 0.464. The van der Waals surface area contributed by atoms with Crippen LogP contribution in [0.2, 0.25) is 10.0 Å². The Morgan fingerprint density at radius 3 is 2.44 bits per heavy atom. The Balaban J connectivity index is 1.81. The standard InChI is InChI=1S/C22H20Cl2N2O5S/c1-14(31-17-7-5-6-15(23)12-17)22(27)25-16-10-11-20(30-2)21(13-16)32(28,29)26-19-9-4-3-8-18(19)24/h3-14,26H,1-2H3,(H,25,27). The molecule has 0 heterocycles. The Morgan fingerprint density at radius 1 is 1.00 bits per heavy atom. The van der Waals surface area contributed by atoms with Gasteiger partial charge in [0.15, 0.2) is 6.10 Å². The second-order valence-corrected chi connectivity index (χ2v) is 9.15. The molecule has 3 aromatic carbocycles. The van der Waals surface area contributed by atoms with Crippen LogP contribution in [0.25, 0.3) is 0 Å². The van der Waals surface area contributed by atoms with Crippen LogP contribution in [-0.4, -0.2) is 27.5 Å². The largest absolute Gasteiger partial charge is 0.495 e. The lowest BCUT2D eigenvalue weighted by molar-refractivity contribution is -0.122. The van der Waals surface area contributed by atoms with Crippen LogP contribution in [0.3, 0.4) is 0 Å². The maximum Gasteiger partial charge on any atom is 0.265 e. The van der Waals surface area contributed by atoms with Gasteiger partial charge in [-0.2, -0.15) is 0 Å². The summed E-state index contributed by atoms with van der Waals surface area (Å²) in [6.45, 7) is 1.57. The number of hydrogen-bond acceptors (Lipinski definition) is 5. The lowest BCUT2D eigenvalue weighted by Crippen LogP contribution is -2.30. The number of benzene rings is 3. The molecule has 7 nitrogen and oxygen atoms in total. The van der Waals surface area contributed by atoms with E-state index >= 15 is 0 Å². The molecule has 0 aliphatic carbocycles. The molecule has 0 spiro atoms. The van der Waals surface area contributed by atoms with E-state index in [1.165, 1.54) is 31.4 Å².